The van der Waals surface area contributed by atoms with Crippen LogP contribution >= 0.6 is 0 Å². The van der Waals surface area contributed by atoms with Gasteiger partial charge in [0.15, 0.2) is 5.79 Å². The monoisotopic (exact) mass is 432 g/mol. The molecule has 2 saturated heterocycles. The van der Waals surface area contributed by atoms with Crippen molar-refractivity contribution < 1.29 is 14.3 Å². The number of rotatable bonds is 5. The van der Waals surface area contributed by atoms with Crippen LogP contribution in [0.15, 0.2) is 54.6 Å². The minimum atomic E-state index is -0.508. The first-order valence-electron chi connectivity index (χ1n) is 11.3. The Hall–Kier alpha value is -3.03. The van der Waals surface area contributed by atoms with Crippen LogP contribution in [0.25, 0.3) is 5.69 Å². The first-order valence-corrected chi connectivity index (χ1v) is 11.3. The van der Waals surface area contributed by atoms with Gasteiger partial charge in [-0.2, -0.15) is 0 Å². The molecule has 2 aliphatic rings. The van der Waals surface area contributed by atoms with E-state index in [0.717, 1.165) is 23.5 Å². The molecule has 2 fully saturated rings. The summed E-state index contributed by atoms with van der Waals surface area (Å²) in [7, 11) is 0. The van der Waals surface area contributed by atoms with Crippen molar-refractivity contribution in [2.75, 3.05) is 26.3 Å². The molecule has 0 unspecified atom stereocenters. The minimum Gasteiger partial charge on any atom is -0.347 e. The second-order valence-corrected chi connectivity index (χ2v) is 8.49. The fourth-order valence-corrected chi connectivity index (χ4v) is 4.44. The zero-order valence-electron chi connectivity index (χ0n) is 18.4. The summed E-state index contributed by atoms with van der Waals surface area (Å²) in [6, 6.07) is 18.4. The summed E-state index contributed by atoms with van der Waals surface area (Å²) in [6.45, 7) is 4.46. The number of aryl methyl sites for hydroxylation is 3. The summed E-state index contributed by atoms with van der Waals surface area (Å²) >= 11 is 0. The van der Waals surface area contributed by atoms with Crippen molar-refractivity contribution in [3.05, 3.63) is 77.4 Å². The van der Waals surface area contributed by atoms with Crippen LogP contribution in [0.4, 0.5) is 0 Å². The molecule has 1 spiro atoms. The molecule has 7 heteroatoms. The number of ether oxygens (including phenoxy) is 2. The smallest absolute Gasteiger partial charge is 0.293 e. The molecule has 1 amide bonds. The van der Waals surface area contributed by atoms with E-state index in [1.165, 1.54) is 5.56 Å². The minimum absolute atomic E-state index is 0.134. The number of hydrogen-bond donors (Lipinski definition) is 0. The quantitative estimate of drug-likeness (QED) is 0.619. The van der Waals surface area contributed by atoms with E-state index < -0.39 is 5.79 Å². The van der Waals surface area contributed by atoms with Gasteiger partial charge >= 0.3 is 0 Å². The van der Waals surface area contributed by atoms with Gasteiger partial charge in [-0.15, -0.1) is 5.10 Å². The van der Waals surface area contributed by atoms with Crippen LogP contribution in [0.1, 0.15) is 40.4 Å². The molecular weight excluding hydrogens is 404 g/mol. The fourth-order valence-electron chi connectivity index (χ4n) is 4.44. The number of likely N-dealkylation sites (tertiary alicyclic amines) is 1. The Kier molecular flexibility index (Phi) is 5.76. The fraction of sp³-hybridized carbons (Fsp3) is 0.400. The Morgan fingerprint density at radius 3 is 2.47 bits per heavy atom. The maximum absolute atomic E-state index is 13.2. The van der Waals surface area contributed by atoms with E-state index >= 15 is 0 Å². The summed E-state index contributed by atoms with van der Waals surface area (Å²) in [5.41, 5.74) is 3.29. The predicted molar refractivity (Wildman–Crippen MR) is 120 cm³/mol. The van der Waals surface area contributed by atoms with Gasteiger partial charge < -0.3 is 14.4 Å². The maximum Gasteiger partial charge on any atom is 0.293 e. The molecule has 0 saturated carbocycles. The van der Waals surface area contributed by atoms with Crippen molar-refractivity contribution in [3.63, 3.8) is 0 Å². The highest BCUT2D eigenvalue weighted by Crippen LogP contribution is 2.31. The summed E-state index contributed by atoms with van der Waals surface area (Å²) in [4.78, 5) is 19.8. The van der Waals surface area contributed by atoms with Crippen LogP contribution in [-0.2, 0) is 22.3 Å². The van der Waals surface area contributed by atoms with E-state index in [2.05, 4.69) is 23.3 Å². The van der Waals surface area contributed by atoms with Crippen LogP contribution in [0.5, 0.6) is 0 Å². The molecule has 7 nitrogen and oxygen atoms in total. The van der Waals surface area contributed by atoms with Gasteiger partial charge in [0.2, 0.25) is 5.82 Å². The van der Waals surface area contributed by atoms with Gasteiger partial charge in [-0.25, -0.2) is 9.67 Å². The average Bonchev–Trinajstić information content (AvgIpc) is 3.46. The lowest BCUT2D eigenvalue weighted by molar-refractivity contribution is -0.181. The maximum atomic E-state index is 13.2. The molecule has 5 rings (SSSR count). The highest BCUT2D eigenvalue weighted by atomic mass is 16.7. The summed E-state index contributed by atoms with van der Waals surface area (Å²) in [5.74, 6) is 0.397. The Balaban J connectivity index is 1.38. The predicted octanol–water partition coefficient (Wildman–Crippen LogP) is 3.34. The van der Waals surface area contributed by atoms with Gasteiger partial charge in [0, 0.05) is 32.4 Å². The van der Waals surface area contributed by atoms with Crippen LogP contribution in [0.2, 0.25) is 0 Å². The van der Waals surface area contributed by atoms with E-state index in [0.29, 0.717) is 45.6 Å². The number of carbonyl (C=O) groups excluding carboxylic acids is 1. The molecule has 166 valence electrons. The second-order valence-electron chi connectivity index (χ2n) is 8.49. The number of nitrogens with zero attached hydrogens (tertiary/aromatic N) is 4. The highest BCUT2D eigenvalue weighted by Gasteiger charge is 2.41. The van der Waals surface area contributed by atoms with E-state index in [1.54, 1.807) is 0 Å². The van der Waals surface area contributed by atoms with Crippen molar-refractivity contribution in [2.24, 2.45) is 0 Å². The number of aromatic nitrogens is 3. The zero-order chi connectivity index (χ0) is 22.0. The third kappa shape index (κ3) is 4.31. The van der Waals surface area contributed by atoms with Gasteiger partial charge in [0.1, 0.15) is 5.82 Å². The molecule has 2 aromatic carbocycles. The molecule has 0 radical (unpaired) electrons. The number of hydrogen-bond acceptors (Lipinski definition) is 5. The lowest BCUT2D eigenvalue weighted by Gasteiger charge is -2.37. The Morgan fingerprint density at radius 2 is 1.75 bits per heavy atom. The molecular formula is C25H28N4O3. The zero-order valence-corrected chi connectivity index (χ0v) is 18.4. The van der Waals surface area contributed by atoms with Crippen LogP contribution in [0, 0.1) is 6.92 Å². The van der Waals surface area contributed by atoms with Gasteiger partial charge in [0.25, 0.3) is 5.91 Å². The molecule has 0 N–H and O–H groups in total. The van der Waals surface area contributed by atoms with Gasteiger partial charge in [-0.3, -0.25) is 4.79 Å². The lowest BCUT2D eigenvalue weighted by Crippen LogP contribution is -2.47. The van der Waals surface area contributed by atoms with Crippen molar-refractivity contribution in [1.82, 2.24) is 19.7 Å². The molecule has 0 aliphatic carbocycles. The standard InChI is InChI=1S/C25H28N4O3/c1-19-6-5-9-21(18-19)29-22(11-10-20-7-3-2-4-8-20)26-23(27-29)24(30)28-14-12-25(13-15-28)31-16-17-32-25/h2-9,18H,10-17H2,1H3. The molecule has 0 atom stereocenters. The third-order valence-corrected chi connectivity index (χ3v) is 6.22. The topological polar surface area (TPSA) is 69.5 Å². The van der Waals surface area contributed by atoms with Crippen LogP contribution < -0.4 is 0 Å². The van der Waals surface area contributed by atoms with E-state index in [1.807, 2.05) is 52.9 Å². The van der Waals surface area contributed by atoms with E-state index in [4.69, 9.17) is 14.5 Å². The number of benzene rings is 2. The first-order chi connectivity index (χ1) is 15.6. The summed E-state index contributed by atoms with van der Waals surface area (Å²) < 4.78 is 13.4. The van der Waals surface area contributed by atoms with E-state index in [-0.39, 0.29) is 11.7 Å². The van der Waals surface area contributed by atoms with Crippen molar-refractivity contribution in [2.45, 2.75) is 38.4 Å². The second kappa shape index (κ2) is 8.84. The largest absolute Gasteiger partial charge is 0.347 e. The van der Waals surface area contributed by atoms with Crippen molar-refractivity contribution in [3.8, 4) is 5.69 Å². The van der Waals surface area contributed by atoms with Crippen LogP contribution in [0.3, 0.4) is 0 Å². The average molecular weight is 433 g/mol. The molecule has 2 aliphatic heterocycles. The first kappa shape index (κ1) is 20.8. The normalized spacial score (nSPS) is 17.7. The Labute approximate surface area is 188 Å². The molecule has 0 bridgehead atoms. The Bertz CT molecular complexity index is 1080. The SMILES string of the molecule is Cc1cccc(-n2nc(C(=O)N3CCC4(CC3)OCCO4)nc2CCc2ccccc2)c1. The number of carbonyl (C=O) groups is 1. The van der Waals surface area contributed by atoms with Crippen molar-refractivity contribution >= 4 is 5.91 Å². The van der Waals surface area contributed by atoms with Gasteiger partial charge in [-0.05, 0) is 36.6 Å². The van der Waals surface area contributed by atoms with Crippen molar-refractivity contribution in [1.29, 1.82) is 0 Å². The highest BCUT2D eigenvalue weighted by molar-refractivity contribution is 5.90. The number of amides is 1. The summed E-state index contributed by atoms with van der Waals surface area (Å²) in [6.07, 6.45) is 2.89. The molecule has 1 aromatic heterocycles. The summed E-state index contributed by atoms with van der Waals surface area (Å²) in [5, 5.41) is 4.65. The molecule has 3 aromatic rings. The number of piperidine rings is 1. The van der Waals surface area contributed by atoms with Crippen LogP contribution in [-0.4, -0.2) is 57.7 Å². The van der Waals surface area contributed by atoms with Gasteiger partial charge in [-0.1, -0.05) is 42.5 Å². The molecule has 3 heterocycles. The molecule has 32 heavy (non-hydrogen) atoms. The van der Waals surface area contributed by atoms with Gasteiger partial charge in [0.05, 0.1) is 18.9 Å². The third-order valence-electron chi connectivity index (χ3n) is 6.22. The van der Waals surface area contributed by atoms with E-state index in [9.17, 15) is 4.79 Å². The Morgan fingerprint density at radius 1 is 1.00 bits per heavy atom. The lowest BCUT2D eigenvalue weighted by atomic mass is 10.0.